The zero-order valence-corrected chi connectivity index (χ0v) is 13.8. The van der Waals surface area contributed by atoms with Gasteiger partial charge in [-0.3, -0.25) is 0 Å². The van der Waals surface area contributed by atoms with Crippen molar-refractivity contribution in [3.05, 3.63) is 84.8 Å². The van der Waals surface area contributed by atoms with Crippen LogP contribution in [0.15, 0.2) is 83.6 Å². The van der Waals surface area contributed by atoms with E-state index >= 15 is 0 Å². The Bertz CT molecular complexity index is 993. The van der Waals surface area contributed by atoms with Crippen molar-refractivity contribution in [1.29, 1.82) is 0 Å². The number of aryl methyl sites for hydroxylation is 1. The Balaban J connectivity index is 1.66. The molecule has 2 heterocycles. The van der Waals surface area contributed by atoms with Gasteiger partial charge in [0.05, 0.1) is 6.26 Å². The van der Waals surface area contributed by atoms with Crippen LogP contribution in [0, 0.1) is 6.92 Å². The van der Waals surface area contributed by atoms with Crippen LogP contribution in [-0.2, 0) is 0 Å². The zero-order valence-electron chi connectivity index (χ0n) is 13.8. The number of anilines is 2. The number of nitrogens with one attached hydrogen (secondary N) is 1. The van der Waals surface area contributed by atoms with Gasteiger partial charge in [0.15, 0.2) is 5.82 Å². The minimum atomic E-state index is 0.673. The van der Waals surface area contributed by atoms with Crippen LogP contribution in [-0.4, -0.2) is 9.97 Å². The van der Waals surface area contributed by atoms with Gasteiger partial charge in [0.1, 0.15) is 11.6 Å². The van der Waals surface area contributed by atoms with Crippen LogP contribution < -0.4 is 5.32 Å². The molecule has 0 aliphatic rings. The van der Waals surface area contributed by atoms with Crippen molar-refractivity contribution in [1.82, 2.24) is 9.97 Å². The molecule has 4 rings (SSSR count). The van der Waals surface area contributed by atoms with E-state index in [4.69, 9.17) is 4.42 Å². The number of hydrogen-bond acceptors (Lipinski definition) is 4. The van der Waals surface area contributed by atoms with Crippen molar-refractivity contribution >= 4 is 11.5 Å². The van der Waals surface area contributed by atoms with E-state index in [1.54, 1.807) is 12.5 Å². The summed E-state index contributed by atoms with van der Waals surface area (Å²) in [5, 5.41) is 3.35. The first-order valence-corrected chi connectivity index (χ1v) is 8.09. The highest BCUT2D eigenvalue weighted by atomic mass is 16.3. The lowest BCUT2D eigenvalue weighted by Gasteiger charge is -2.09. The average Bonchev–Trinajstić information content (AvgIpc) is 3.19. The number of aromatic nitrogens is 2. The maximum absolute atomic E-state index is 5.47. The number of rotatable bonds is 4. The fraction of sp³-hybridized carbons (Fsp3) is 0.0476. The standard InChI is InChI=1S/C21H17N3O/c1-15-6-2-3-9-18(15)23-20-11-12-22-21(24-20)17-8-4-7-16(14-17)19-10-5-13-25-19/h2-14H,1H3,(H,22,23,24). The third kappa shape index (κ3) is 3.28. The quantitative estimate of drug-likeness (QED) is 0.541. The van der Waals surface area contributed by atoms with E-state index in [2.05, 4.69) is 28.3 Å². The van der Waals surface area contributed by atoms with E-state index < -0.39 is 0 Å². The van der Waals surface area contributed by atoms with Crippen LogP contribution in [0.2, 0.25) is 0 Å². The number of hydrogen-bond donors (Lipinski definition) is 1. The minimum absolute atomic E-state index is 0.673. The summed E-state index contributed by atoms with van der Waals surface area (Å²) >= 11 is 0. The van der Waals surface area contributed by atoms with Crippen LogP contribution in [0.3, 0.4) is 0 Å². The van der Waals surface area contributed by atoms with Crippen LogP contribution in [0.5, 0.6) is 0 Å². The van der Waals surface area contributed by atoms with Crippen molar-refractivity contribution in [3.8, 4) is 22.7 Å². The molecule has 0 bridgehead atoms. The maximum atomic E-state index is 5.47. The normalized spacial score (nSPS) is 10.6. The number of furan rings is 1. The average molecular weight is 327 g/mol. The van der Waals surface area contributed by atoms with E-state index in [0.29, 0.717) is 5.82 Å². The predicted molar refractivity (Wildman–Crippen MR) is 99.6 cm³/mol. The molecule has 0 radical (unpaired) electrons. The van der Waals surface area contributed by atoms with E-state index in [0.717, 1.165) is 28.4 Å². The SMILES string of the molecule is Cc1ccccc1Nc1ccnc(-c2cccc(-c3ccco3)c2)n1. The highest BCUT2D eigenvalue weighted by Gasteiger charge is 2.07. The fourth-order valence-corrected chi connectivity index (χ4v) is 2.67. The molecule has 0 aliphatic heterocycles. The largest absolute Gasteiger partial charge is 0.464 e. The van der Waals surface area contributed by atoms with Gasteiger partial charge >= 0.3 is 0 Å². The molecule has 4 nitrogen and oxygen atoms in total. The first-order chi connectivity index (χ1) is 12.3. The highest BCUT2D eigenvalue weighted by molar-refractivity contribution is 5.68. The molecule has 0 fully saturated rings. The van der Waals surface area contributed by atoms with Gasteiger partial charge in [0, 0.05) is 23.0 Å². The summed E-state index contributed by atoms with van der Waals surface area (Å²) in [6, 6.07) is 21.8. The summed E-state index contributed by atoms with van der Waals surface area (Å²) in [5.41, 5.74) is 4.16. The summed E-state index contributed by atoms with van der Waals surface area (Å²) in [5.74, 6) is 2.27. The van der Waals surface area contributed by atoms with Gasteiger partial charge in [-0.1, -0.05) is 36.4 Å². The highest BCUT2D eigenvalue weighted by Crippen LogP contribution is 2.26. The Morgan fingerprint density at radius 1 is 0.880 bits per heavy atom. The van der Waals surface area contributed by atoms with Gasteiger partial charge in [-0.15, -0.1) is 0 Å². The Hall–Kier alpha value is -3.40. The van der Waals surface area contributed by atoms with Crippen molar-refractivity contribution in [2.24, 2.45) is 0 Å². The summed E-state index contributed by atoms with van der Waals surface area (Å²) in [7, 11) is 0. The van der Waals surface area contributed by atoms with Gasteiger partial charge in [0.2, 0.25) is 0 Å². The monoisotopic (exact) mass is 327 g/mol. The molecule has 1 N–H and O–H groups in total. The van der Waals surface area contributed by atoms with Crippen LogP contribution in [0.4, 0.5) is 11.5 Å². The van der Waals surface area contributed by atoms with Crippen molar-refractivity contribution in [2.45, 2.75) is 6.92 Å². The predicted octanol–water partition coefficient (Wildman–Crippen LogP) is 5.46. The Kier molecular flexibility index (Phi) is 4.01. The molecule has 25 heavy (non-hydrogen) atoms. The number of nitrogens with zero attached hydrogens (tertiary/aromatic N) is 2. The summed E-state index contributed by atoms with van der Waals surface area (Å²) < 4.78 is 5.47. The first kappa shape index (κ1) is 15.1. The molecule has 0 spiro atoms. The third-order valence-electron chi connectivity index (χ3n) is 3.99. The van der Waals surface area contributed by atoms with Crippen LogP contribution in [0.25, 0.3) is 22.7 Å². The molecule has 0 atom stereocenters. The van der Waals surface area contributed by atoms with Gasteiger partial charge in [0.25, 0.3) is 0 Å². The second kappa shape index (κ2) is 6.61. The second-order valence-corrected chi connectivity index (χ2v) is 5.76. The van der Waals surface area contributed by atoms with Crippen LogP contribution >= 0.6 is 0 Å². The smallest absolute Gasteiger partial charge is 0.161 e. The molecular formula is C21H17N3O. The molecule has 2 aromatic heterocycles. The molecule has 0 amide bonds. The van der Waals surface area contributed by atoms with E-state index in [9.17, 15) is 0 Å². The first-order valence-electron chi connectivity index (χ1n) is 8.09. The van der Waals surface area contributed by atoms with Crippen LogP contribution in [0.1, 0.15) is 5.56 Å². The molecule has 0 aliphatic carbocycles. The molecule has 4 aromatic rings. The lowest BCUT2D eigenvalue weighted by molar-refractivity contribution is 0.582. The van der Waals surface area contributed by atoms with E-state index in [-0.39, 0.29) is 0 Å². The van der Waals surface area contributed by atoms with E-state index in [1.807, 2.05) is 60.7 Å². The Morgan fingerprint density at radius 3 is 2.60 bits per heavy atom. The third-order valence-corrected chi connectivity index (χ3v) is 3.99. The molecule has 122 valence electrons. The Morgan fingerprint density at radius 2 is 1.76 bits per heavy atom. The number of para-hydroxylation sites is 1. The van der Waals surface area contributed by atoms with Gasteiger partial charge in [-0.2, -0.15) is 0 Å². The van der Waals surface area contributed by atoms with Crippen molar-refractivity contribution < 1.29 is 4.42 Å². The molecule has 0 unspecified atom stereocenters. The summed E-state index contributed by atoms with van der Waals surface area (Å²) in [6.45, 7) is 2.07. The number of benzene rings is 2. The van der Waals surface area contributed by atoms with Gasteiger partial charge in [-0.05, 0) is 42.8 Å². The summed E-state index contributed by atoms with van der Waals surface area (Å²) in [6.07, 6.45) is 3.44. The molecule has 4 heteroatoms. The molecule has 0 saturated heterocycles. The molecule has 0 saturated carbocycles. The summed E-state index contributed by atoms with van der Waals surface area (Å²) in [4.78, 5) is 9.06. The van der Waals surface area contributed by atoms with E-state index in [1.165, 1.54) is 5.56 Å². The second-order valence-electron chi connectivity index (χ2n) is 5.76. The van der Waals surface area contributed by atoms with Crippen molar-refractivity contribution in [3.63, 3.8) is 0 Å². The zero-order chi connectivity index (χ0) is 17.1. The lowest BCUT2D eigenvalue weighted by atomic mass is 10.1. The maximum Gasteiger partial charge on any atom is 0.161 e. The topological polar surface area (TPSA) is 51.0 Å². The fourth-order valence-electron chi connectivity index (χ4n) is 2.67. The Labute approximate surface area is 146 Å². The lowest BCUT2D eigenvalue weighted by Crippen LogP contribution is -1.98. The van der Waals surface area contributed by atoms with Crippen molar-refractivity contribution in [2.75, 3.05) is 5.32 Å². The minimum Gasteiger partial charge on any atom is -0.464 e. The molecular weight excluding hydrogens is 310 g/mol. The van der Waals surface area contributed by atoms with Gasteiger partial charge in [-0.25, -0.2) is 9.97 Å². The molecule has 2 aromatic carbocycles. The van der Waals surface area contributed by atoms with Gasteiger partial charge < -0.3 is 9.73 Å².